The molecule has 0 fully saturated rings. The van der Waals surface area contributed by atoms with E-state index < -0.39 is 22.8 Å². The molecule has 0 unspecified atom stereocenters. The summed E-state index contributed by atoms with van der Waals surface area (Å²) in [4.78, 5) is 15.4. The van der Waals surface area contributed by atoms with Crippen LogP contribution in [0.4, 0.5) is 0 Å². The minimum Gasteiger partial charge on any atom is -0.479 e. The van der Waals surface area contributed by atoms with E-state index in [1.54, 1.807) is 0 Å². The molecule has 0 rings (SSSR count). The fourth-order valence-corrected chi connectivity index (χ4v) is 0.508. The highest BCUT2D eigenvalue weighted by molar-refractivity contribution is 7.87. The summed E-state index contributed by atoms with van der Waals surface area (Å²) < 4.78 is 22.7. The molecule has 0 aromatic carbocycles. The maximum Gasteiger partial charge on any atom is 0.331 e. The average Bonchev–Trinajstić information content (AvgIpc) is 1.87. The Labute approximate surface area is 63.5 Å². The van der Waals surface area contributed by atoms with E-state index in [9.17, 15) is 13.2 Å². The molecule has 0 aliphatic carbocycles. The van der Waals surface area contributed by atoms with Crippen LogP contribution in [0.1, 0.15) is 0 Å². The van der Waals surface area contributed by atoms with Crippen LogP contribution in [0.5, 0.6) is 0 Å². The van der Waals surface area contributed by atoms with Crippen LogP contribution in [0, 0.1) is 0 Å². The highest BCUT2D eigenvalue weighted by Gasteiger charge is 2.05. The fourth-order valence-electron chi connectivity index (χ4n) is 0.210. The van der Waals surface area contributed by atoms with Gasteiger partial charge in [0.1, 0.15) is 0 Å². The van der Waals surface area contributed by atoms with Gasteiger partial charge in [-0.05, 0) is 0 Å². The van der Waals surface area contributed by atoms with Crippen molar-refractivity contribution in [1.82, 2.24) is 9.61 Å². The van der Waals surface area contributed by atoms with Gasteiger partial charge >= 0.3 is 5.97 Å². The van der Waals surface area contributed by atoms with Gasteiger partial charge < -0.3 is 5.11 Å². The zero-order valence-corrected chi connectivity index (χ0v) is 6.51. The largest absolute Gasteiger partial charge is 0.479 e. The Morgan fingerprint density at radius 1 is 1.64 bits per heavy atom. The molecule has 0 aliphatic rings. The van der Waals surface area contributed by atoms with Gasteiger partial charge in [-0.25, -0.2) is 9.52 Å². The normalized spacial score (nSPS) is 11.4. The van der Waals surface area contributed by atoms with Crippen LogP contribution in [0.3, 0.4) is 0 Å². The summed E-state index contributed by atoms with van der Waals surface area (Å²) in [7, 11) is -2.54. The third kappa shape index (κ3) is 5.73. The van der Waals surface area contributed by atoms with Crippen molar-refractivity contribution in [2.24, 2.45) is 0 Å². The van der Waals surface area contributed by atoms with Gasteiger partial charge in [-0.15, -0.1) is 0 Å². The molecule has 0 aromatic heterocycles. The predicted octanol–water partition coefficient (Wildman–Crippen LogP) is -1.94. The second-order valence-electron chi connectivity index (χ2n) is 1.47. The molecular formula is C3H8N2O5S. The lowest BCUT2D eigenvalue weighted by molar-refractivity contribution is -0.143. The smallest absolute Gasteiger partial charge is 0.331 e. The third-order valence-electron chi connectivity index (χ3n) is 0.633. The molecule has 0 saturated carbocycles. The summed E-state index contributed by atoms with van der Waals surface area (Å²) in [6.45, 7) is -0.721. The summed E-state index contributed by atoms with van der Waals surface area (Å²) >= 11 is 0. The Balaban J connectivity index is 3.63. The molecule has 0 saturated heterocycles. The molecule has 0 aliphatic heterocycles. The molecule has 0 spiro atoms. The van der Waals surface area contributed by atoms with Crippen molar-refractivity contribution in [1.29, 1.82) is 0 Å². The maximum absolute atomic E-state index is 10.4. The van der Waals surface area contributed by atoms with Crippen molar-refractivity contribution in [2.75, 3.05) is 13.7 Å². The van der Waals surface area contributed by atoms with E-state index in [-0.39, 0.29) is 0 Å². The second kappa shape index (κ2) is 4.23. The van der Waals surface area contributed by atoms with Crippen molar-refractivity contribution < 1.29 is 23.2 Å². The van der Waals surface area contributed by atoms with Crippen LogP contribution >= 0.6 is 0 Å². The first-order valence-electron chi connectivity index (χ1n) is 2.52. The van der Waals surface area contributed by atoms with Crippen LogP contribution in [-0.2, 0) is 19.8 Å². The van der Waals surface area contributed by atoms with E-state index >= 15 is 0 Å². The van der Waals surface area contributed by atoms with Crippen molar-refractivity contribution in [2.45, 2.75) is 0 Å². The molecule has 0 atom stereocenters. The fraction of sp³-hybridized carbons (Fsp3) is 0.667. The molecule has 0 heterocycles. The zero-order chi connectivity index (χ0) is 8.91. The minimum atomic E-state index is -3.70. The average molecular weight is 184 g/mol. The SMILES string of the molecule is CNS(=O)(=O)NOCC(=O)O. The van der Waals surface area contributed by atoms with E-state index in [2.05, 4.69) is 4.84 Å². The number of nitrogens with one attached hydrogen (secondary N) is 2. The minimum absolute atomic E-state index is 0.721. The molecule has 3 N–H and O–H groups in total. The van der Waals surface area contributed by atoms with Gasteiger partial charge in [-0.3, -0.25) is 4.84 Å². The van der Waals surface area contributed by atoms with Gasteiger partial charge in [0.15, 0.2) is 6.61 Å². The van der Waals surface area contributed by atoms with Gasteiger partial charge in [0.25, 0.3) is 10.2 Å². The zero-order valence-electron chi connectivity index (χ0n) is 5.70. The summed E-state index contributed by atoms with van der Waals surface area (Å²) in [5, 5.41) is 8.00. The van der Waals surface area contributed by atoms with Gasteiger partial charge in [-0.1, -0.05) is 4.89 Å². The summed E-state index contributed by atoms with van der Waals surface area (Å²) in [6.07, 6.45) is 0. The number of carbonyl (C=O) groups is 1. The van der Waals surface area contributed by atoms with Crippen LogP contribution in [-0.4, -0.2) is 33.1 Å². The molecule has 66 valence electrons. The first kappa shape index (κ1) is 10.3. The molecule has 0 aromatic rings. The molecule has 8 heteroatoms. The van der Waals surface area contributed by atoms with Gasteiger partial charge in [0.2, 0.25) is 0 Å². The Bertz CT molecular complexity index is 222. The van der Waals surface area contributed by atoms with Gasteiger partial charge in [0, 0.05) is 7.05 Å². The quantitative estimate of drug-likeness (QED) is 0.431. The molecule has 0 radical (unpaired) electrons. The number of hydrogen-bond donors (Lipinski definition) is 3. The van der Waals surface area contributed by atoms with Gasteiger partial charge in [0.05, 0.1) is 0 Å². The van der Waals surface area contributed by atoms with Crippen LogP contribution in [0.15, 0.2) is 0 Å². The molecular weight excluding hydrogens is 176 g/mol. The van der Waals surface area contributed by atoms with Crippen molar-refractivity contribution >= 4 is 16.2 Å². The third-order valence-corrected chi connectivity index (χ3v) is 1.51. The first-order valence-corrected chi connectivity index (χ1v) is 4.00. The van der Waals surface area contributed by atoms with Crippen LogP contribution in [0.2, 0.25) is 0 Å². The Morgan fingerprint density at radius 3 is 2.55 bits per heavy atom. The Hall–Kier alpha value is -0.700. The van der Waals surface area contributed by atoms with E-state index in [1.165, 1.54) is 4.89 Å². The van der Waals surface area contributed by atoms with E-state index in [4.69, 9.17) is 5.11 Å². The van der Waals surface area contributed by atoms with E-state index in [0.717, 1.165) is 7.05 Å². The Morgan fingerprint density at radius 2 is 2.18 bits per heavy atom. The van der Waals surface area contributed by atoms with Crippen molar-refractivity contribution in [3.8, 4) is 0 Å². The molecule has 0 bridgehead atoms. The monoisotopic (exact) mass is 184 g/mol. The second-order valence-corrected chi connectivity index (χ2v) is 3.06. The lowest BCUT2D eigenvalue weighted by Gasteiger charge is -2.01. The summed E-state index contributed by atoms with van der Waals surface area (Å²) in [5.41, 5.74) is 0. The van der Waals surface area contributed by atoms with Gasteiger partial charge in [-0.2, -0.15) is 8.42 Å². The summed E-state index contributed by atoms with van der Waals surface area (Å²) in [5.74, 6) is -1.26. The number of carboxylic acid groups (broad SMARTS) is 1. The molecule has 7 nitrogen and oxygen atoms in total. The summed E-state index contributed by atoms with van der Waals surface area (Å²) in [6, 6.07) is 0. The van der Waals surface area contributed by atoms with Crippen LogP contribution < -0.4 is 9.61 Å². The lowest BCUT2D eigenvalue weighted by Crippen LogP contribution is -2.35. The number of rotatable bonds is 5. The van der Waals surface area contributed by atoms with Crippen LogP contribution in [0.25, 0.3) is 0 Å². The lowest BCUT2D eigenvalue weighted by atomic mass is 10.8. The van der Waals surface area contributed by atoms with E-state index in [1.807, 2.05) is 4.72 Å². The molecule has 0 amide bonds. The van der Waals surface area contributed by atoms with E-state index in [0.29, 0.717) is 0 Å². The maximum atomic E-state index is 10.4. The topological polar surface area (TPSA) is 105 Å². The number of hydrogen-bond acceptors (Lipinski definition) is 4. The van der Waals surface area contributed by atoms with Crippen molar-refractivity contribution in [3.05, 3.63) is 0 Å². The first-order chi connectivity index (χ1) is 4.98. The Kier molecular flexibility index (Phi) is 3.97. The highest BCUT2D eigenvalue weighted by Crippen LogP contribution is 1.74. The van der Waals surface area contributed by atoms with Crippen molar-refractivity contribution in [3.63, 3.8) is 0 Å². The number of aliphatic carboxylic acids is 1. The molecule has 11 heavy (non-hydrogen) atoms. The standard InChI is InChI=1S/C3H8N2O5S/c1-4-11(8,9)5-10-2-3(6)7/h4-5H,2H2,1H3,(H,6,7). The number of carboxylic acids is 1. The predicted molar refractivity (Wildman–Crippen MR) is 34.7 cm³/mol. The highest BCUT2D eigenvalue weighted by atomic mass is 32.2.